The van der Waals surface area contributed by atoms with Crippen molar-refractivity contribution in [1.29, 1.82) is 0 Å². The lowest BCUT2D eigenvalue weighted by Gasteiger charge is -2.21. The summed E-state index contributed by atoms with van der Waals surface area (Å²) >= 11 is 0. The van der Waals surface area contributed by atoms with Crippen molar-refractivity contribution in [3.63, 3.8) is 0 Å². The third kappa shape index (κ3) is 9.19. The number of carbonyl (C=O) groups is 2. The number of anilines is 1. The van der Waals surface area contributed by atoms with Gasteiger partial charge in [0, 0.05) is 38.3 Å². The first-order valence-electron chi connectivity index (χ1n) is 8.79. The van der Waals surface area contributed by atoms with E-state index < -0.39 is 6.03 Å². The third-order valence-corrected chi connectivity index (χ3v) is 3.94. The molecule has 27 heavy (non-hydrogen) atoms. The molecule has 0 radical (unpaired) electrons. The number of carbonyl (C=O) groups excluding carboxylic acids is 2. The van der Waals surface area contributed by atoms with E-state index in [-0.39, 0.29) is 24.7 Å². The van der Waals surface area contributed by atoms with Gasteiger partial charge in [0.1, 0.15) is 0 Å². The molecule has 0 saturated carbocycles. The van der Waals surface area contributed by atoms with Gasteiger partial charge in [-0.2, -0.15) is 0 Å². The van der Waals surface area contributed by atoms with E-state index in [0.29, 0.717) is 18.8 Å². The van der Waals surface area contributed by atoms with Crippen LogP contribution in [0.3, 0.4) is 0 Å². The summed E-state index contributed by atoms with van der Waals surface area (Å²) in [6.45, 7) is 2.64. The molecule has 2 aromatic carbocycles. The maximum absolute atomic E-state index is 12.0. The van der Waals surface area contributed by atoms with Crippen molar-refractivity contribution in [1.82, 2.24) is 10.2 Å². The normalized spacial score (nSPS) is 10.1. The highest BCUT2D eigenvalue weighted by Crippen LogP contribution is 2.04. The summed E-state index contributed by atoms with van der Waals surface area (Å²) in [5.74, 6) is -0.305. The van der Waals surface area contributed by atoms with Gasteiger partial charge in [0.2, 0.25) is 5.91 Å². The maximum atomic E-state index is 12.0. The van der Waals surface area contributed by atoms with Gasteiger partial charge in [-0.05, 0) is 24.1 Å². The van der Waals surface area contributed by atoms with E-state index in [1.807, 2.05) is 36.4 Å². The van der Waals surface area contributed by atoms with Gasteiger partial charge in [0.25, 0.3) is 0 Å². The van der Waals surface area contributed by atoms with Gasteiger partial charge in [-0.25, -0.2) is 4.79 Å². The Morgan fingerprint density at radius 3 is 2.15 bits per heavy atom. The van der Waals surface area contributed by atoms with Crippen LogP contribution < -0.4 is 16.4 Å². The van der Waals surface area contributed by atoms with Gasteiger partial charge >= 0.3 is 6.03 Å². The fourth-order valence-corrected chi connectivity index (χ4v) is 2.58. The lowest BCUT2D eigenvalue weighted by molar-refractivity contribution is -0.120. The summed E-state index contributed by atoms with van der Waals surface area (Å²) in [6, 6.07) is 18.7. The van der Waals surface area contributed by atoms with Crippen molar-refractivity contribution in [3.05, 3.63) is 66.2 Å². The molecule has 4 N–H and O–H groups in total. The number of urea groups is 1. The standard InChI is InChI=1S/C20H26N4O2.ClH/c21-13-16-24(14-11-17-7-3-1-4-8-17)15-12-19(25)23-20(26)22-18-9-5-2-6-10-18;/h1-10H,11-16,21H2,(H2,22,23,25,26);1H. The number of benzene rings is 2. The topological polar surface area (TPSA) is 87.5 Å². The number of imide groups is 1. The molecule has 0 heterocycles. The van der Waals surface area contributed by atoms with Crippen LogP contribution in [-0.2, 0) is 11.2 Å². The summed E-state index contributed by atoms with van der Waals surface area (Å²) < 4.78 is 0. The van der Waals surface area contributed by atoms with Crippen LogP contribution in [0.5, 0.6) is 0 Å². The molecule has 0 aliphatic heterocycles. The number of para-hydroxylation sites is 1. The lowest BCUT2D eigenvalue weighted by Crippen LogP contribution is -2.38. The highest BCUT2D eigenvalue weighted by molar-refractivity contribution is 6.01. The molecule has 0 saturated heterocycles. The number of nitrogens with one attached hydrogen (secondary N) is 2. The number of nitrogens with two attached hydrogens (primary N) is 1. The quantitative estimate of drug-likeness (QED) is 0.614. The molecule has 146 valence electrons. The van der Waals surface area contributed by atoms with Crippen LogP contribution in [0.1, 0.15) is 12.0 Å². The molecule has 3 amide bonds. The number of amides is 3. The minimum Gasteiger partial charge on any atom is -0.329 e. The van der Waals surface area contributed by atoms with Crippen LogP contribution in [0.4, 0.5) is 10.5 Å². The summed E-state index contributed by atoms with van der Waals surface area (Å²) in [5, 5.41) is 4.98. The van der Waals surface area contributed by atoms with E-state index in [9.17, 15) is 9.59 Å². The van der Waals surface area contributed by atoms with Crippen LogP contribution in [0.2, 0.25) is 0 Å². The summed E-state index contributed by atoms with van der Waals surface area (Å²) in [6.07, 6.45) is 1.15. The average Bonchev–Trinajstić information content (AvgIpc) is 2.65. The van der Waals surface area contributed by atoms with Crippen molar-refractivity contribution >= 4 is 30.0 Å². The Morgan fingerprint density at radius 1 is 0.889 bits per heavy atom. The molecule has 0 aliphatic rings. The minimum atomic E-state index is -0.518. The Labute approximate surface area is 166 Å². The van der Waals surface area contributed by atoms with Gasteiger partial charge in [0.05, 0.1) is 0 Å². The zero-order chi connectivity index (χ0) is 18.6. The van der Waals surface area contributed by atoms with Crippen molar-refractivity contribution in [3.8, 4) is 0 Å². The molecule has 0 aliphatic carbocycles. The monoisotopic (exact) mass is 390 g/mol. The predicted octanol–water partition coefficient (Wildman–Crippen LogP) is 2.65. The molecule has 0 aromatic heterocycles. The third-order valence-electron chi connectivity index (χ3n) is 3.94. The van der Waals surface area contributed by atoms with Crippen LogP contribution in [0.25, 0.3) is 0 Å². The molecule has 2 rings (SSSR count). The van der Waals surface area contributed by atoms with E-state index in [1.165, 1.54) is 5.56 Å². The molecule has 0 unspecified atom stereocenters. The van der Waals surface area contributed by atoms with E-state index in [2.05, 4.69) is 27.7 Å². The van der Waals surface area contributed by atoms with Gasteiger partial charge < -0.3 is 16.0 Å². The molecule has 0 spiro atoms. The SMILES string of the molecule is Cl.NCCN(CCC(=O)NC(=O)Nc1ccccc1)CCc1ccccc1. The fraction of sp³-hybridized carbons (Fsp3) is 0.300. The molecule has 0 bridgehead atoms. The van der Waals surface area contributed by atoms with E-state index in [4.69, 9.17) is 5.73 Å². The van der Waals surface area contributed by atoms with Crippen molar-refractivity contribution < 1.29 is 9.59 Å². The second-order valence-electron chi connectivity index (χ2n) is 5.98. The highest BCUT2D eigenvalue weighted by Gasteiger charge is 2.11. The summed E-state index contributed by atoms with van der Waals surface area (Å²) in [5.41, 5.74) is 7.56. The second-order valence-corrected chi connectivity index (χ2v) is 5.98. The van der Waals surface area contributed by atoms with Crippen LogP contribution in [0.15, 0.2) is 60.7 Å². The second kappa shape index (κ2) is 12.9. The van der Waals surface area contributed by atoms with E-state index in [1.54, 1.807) is 12.1 Å². The Kier molecular flexibility index (Phi) is 10.8. The molecular formula is C20H27ClN4O2. The Balaban J connectivity index is 0.00000364. The van der Waals surface area contributed by atoms with Crippen molar-refractivity contribution in [2.45, 2.75) is 12.8 Å². The van der Waals surface area contributed by atoms with Gasteiger partial charge in [-0.1, -0.05) is 48.5 Å². The number of hydrogen-bond acceptors (Lipinski definition) is 4. The number of hydrogen-bond donors (Lipinski definition) is 3. The Hall–Kier alpha value is -2.41. The summed E-state index contributed by atoms with van der Waals surface area (Å²) in [4.78, 5) is 26.0. The van der Waals surface area contributed by atoms with Crippen LogP contribution >= 0.6 is 12.4 Å². The largest absolute Gasteiger partial charge is 0.329 e. The van der Waals surface area contributed by atoms with Crippen molar-refractivity contribution in [2.24, 2.45) is 5.73 Å². The zero-order valence-electron chi connectivity index (χ0n) is 15.3. The molecule has 2 aromatic rings. The van der Waals surface area contributed by atoms with E-state index >= 15 is 0 Å². The highest BCUT2D eigenvalue weighted by atomic mass is 35.5. The summed E-state index contributed by atoms with van der Waals surface area (Å²) in [7, 11) is 0. The molecule has 6 nitrogen and oxygen atoms in total. The Bertz CT molecular complexity index is 683. The van der Waals surface area contributed by atoms with Gasteiger partial charge in [-0.15, -0.1) is 12.4 Å². The molecular weight excluding hydrogens is 364 g/mol. The maximum Gasteiger partial charge on any atom is 0.325 e. The predicted molar refractivity (Wildman–Crippen MR) is 111 cm³/mol. The van der Waals surface area contributed by atoms with Crippen LogP contribution in [-0.4, -0.2) is 43.0 Å². The smallest absolute Gasteiger partial charge is 0.325 e. The Morgan fingerprint density at radius 2 is 1.52 bits per heavy atom. The number of halogens is 1. The molecule has 7 heteroatoms. The van der Waals surface area contributed by atoms with Crippen molar-refractivity contribution in [2.75, 3.05) is 31.5 Å². The first kappa shape index (κ1) is 22.6. The van der Waals surface area contributed by atoms with Gasteiger partial charge in [-0.3, -0.25) is 10.1 Å². The molecule has 0 fully saturated rings. The first-order chi connectivity index (χ1) is 12.7. The number of rotatable bonds is 9. The van der Waals surface area contributed by atoms with Crippen LogP contribution in [0, 0.1) is 0 Å². The average molecular weight is 391 g/mol. The molecule has 0 atom stereocenters. The fourth-order valence-electron chi connectivity index (χ4n) is 2.58. The zero-order valence-corrected chi connectivity index (χ0v) is 16.1. The minimum absolute atomic E-state index is 0. The van der Waals surface area contributed by atoms with E-state index in [0.717, 1.165) is 19.5 Å². The first-order valence-corrected chi connectivity index (χ1v) is 8.79. The lowest BCUT2D eigenvalue weighted by atomic mass is 10.1. The van der Waals surface area contributed by atoms with Gasteiger partial charge in [0.15, 0.2) is 0 Å². The number of nitrogens with zero attached hydrogens (tertiary/aromatic N) is 1.